The highest BCUT2D eigenvalue weighted by atomic mass is 16.7. The molecule has 1 aliphatic rings. The summed E-state index contributed by atoms with van der Waals surface area (Å²) in [6, 6.07) is 0. The van der Waals surface area contributed by atoms with Gasteiger partial charge in [0.25, 0.3) is 0 Å². The lowest BCUT2D eigenvalue weighted by molar-refractivity contribution is 0.00578. The van der Waals surface area contributed by atoms with Gasteiger partial charge in [0.05, 0.1) is 11.2 Å². The molecular formula is C15H29BO2. The van der Waals surface area contributed by atoms with Gasteiger partial charge in [0.15, 0.2) is 0 Å². The minimum absolute atomic E-state index is 0.00635. The second-order valence-corrected chi connectivity index (χ2v) is 5.82. The standard InChI is InChI=1S/C12H25BO2.C3H4/c1-6-7-8-9-10-13-14-11(2,3)12(4,5)15-13;1-3-2/h6-10H2,1-5H3;1H,2H3. The summed E-state index contributed by atoms with van der Waals surface area (Å²) in [5.74, 6) is 2.25. The van der Waals surface area contributed by atoms with Crippen LogP contribution in [0.4, 0.5) is 0 Å². The van der Waals surface area contributed by atoms with Crippen LogP contribution in [0.2, 0.25) is 6.32 Å². The van der Waals surface area contributed by atoms with E-state index >= 15 is 0 Å². The van der Waals surface area contributed by atoms with Crippen molar-refractivity contribution in [3.05, 3.63) is 0 Å². The highest BCUT2D eigenvalue weighted by Crippen LogP contribution is 2.38. The number of rotatable bonds is 5. The summed E-state index contributed by atoms with van der Waals surface area (Å²) in [6.07, 6.45) is 10.7. The first kappa shape index (κ1) is 17.5. The van der Waals surface area contributed by atoms with Gasteiger partial charge < -0.3 is 9.31 Å². The first-order valence-electron chi connectivity index (χ1n) is 7.03. The van der Waals surface area contributed by atoms with E-state index in [1.807, 2.05) is 0 Å². The van der Waals surface area contributed by atoms with Gasteiger partial charge in [-0.25, -0.2) is 0 Å². The summed E-state index contributed by atoms with van der Waals surface area (Å²) in [5, 5.41) is 0. The zero-order chi connectivity index (χ0) is 14.2. The topological polar surface area (TPSA) is 18.5 Å². The third-order valence-corrected chi connectivity index (χ3v) is 3.60. The number of hydrogen-bond donors (Lipinski definition) is 0. The minimum Gasteiger partial charge on any atom is -0.403 e. The van der Waals surface area contributed by atoms with Crippen molar-refractivity contribution in [1.82, 2.24) is 0 Å². The van der Waals surface area contributed by atoms with Crippen molar-refractivity contribution in [2.45, 2.75) is 84.7 Å². The summed E-state index contributed by atoms with van der Waals surface area (Å²) in [6.45, 7) is 12.3. The summed E-state index contributed by atoms with van der Waals surface area (Å²) in [4.78, 5) is 0. The number of unbranched alkanes of at least 4 members (excludes halogenated alkanes) is 3. The van der Waals surface area contributed by atoms with E-state index in [2.05, 4.69) is 47.0 Å². The molecule has 0 saturated carbocycles. The van der Waals surface area contributed by atoms with E-state index < -0.39 is 0 Å². The van der Waals surface area contributed by atoms with Crippen LogP contribution in [0.5, 0.6) is 0 Å². The highest BCUT2D eigenvalue weighted by molar-refractivity contribution is 6.45. The van der Waals surface area contributed by atoms with Gasteiger partial charge in [-0.1, -0.05) is 32.6 Å². The van der Waals surface area contributed by atoms with Gasteiger partial charge in [-0.15, -0.1) is 12.3 Å². The summed E-state index contributed by atoms with van der Waals surface area (Å²) < 4.78 is 11.8. The fourth-order valence-corrected chi connectivity index (χ4v) is 1.82. The molecule has 0 amide bonds. The van der Waals surface area contributed by atoms with Crippen molar-refractivity contribution in [3.8, 4) is 12.3 Å². The van der Waals surface area contributed by atoms with Crippen LogP contribution in [0.15, 0.2) is 0 Å². The summed E-state index contributed by atoms with van der Waals surface area (Å²) >= 11 is 0. The molecule has 104 valence electrons. The van der Waals surface area contributed by atoms with Gasteiger partial charge in [0.2, 0.25) is 0 Å². The molecule has 1 rings (SSSR count). The molecule has 2 nitrogen and oxygen atoms in total. The fourth-order valence-electron chi connectivity index (χ4n) is 1.82. The van der Waals surface area contributed by atoms with Crippen LogP contribution in [0.25, 0.3) is 0 Å². The van der Waals surface area contributed by atoms with Crippen LogP contribution < -0.4 is 0 Å². The van der Waals surface area contributed by atoms with Gasteiger partial charge in [0.1, 0.15) is 0 Å². The van der Waals surface area contributed by atoms with E-state index in [0.717, 1.165) is 6.32 Å². The summed E-state index contributed by atoms with van der Waals surface area (Å²) in [7, 11) is 0.00635. The second kappa shape index (κ2) is 7.87. The van der Waals surface area contributed by atoms with Crippen LogP contribution >= 0.6 is 0 Å². The van der Waals surface area contributed by atoms with E-state index in [9.17, 15) is 0 Å². The average molecular weight is 252 g/mol. The van der Waals surface area contributed by atoms with Crippen LogP contribution in [0.3, 0.4) is 0 Å². The van der Waals surface area contributed by atoms with Crippen LogP contribution in [0, 0.1) is 12.3 Å². The molecule has 18 heavy (non-hydrogen) atoms. The Morgan fingerprint density at radius 2 is 1.44 bits per heavy atom. The lowest BCUT2D eigenvalue weighted by Gasteiger charge is -2.32. The van der Waals surface area contributed by atoms with Crippen molar-refractivity contribution in [2.24, 2.45) is 0 Å². The van der Waals surface area contributed by atoms with Crippen LogP contribution in [-0.4, -0.2) is 18.3 Å². The van der Waals surface area contributed by atoms with Gasteiger partial charge in [-0.05, 0) is 40.9 Å². The Morgan fingerprint density at radius 1 is 1.00 bits per heavy atom. The number of hydrogen-bond acceptors (Lipinski definition) is 2. The second-order valence-electron chi connectivity index (χ2n) is 5.82. The monoisotopic (exact) mass is 252 g/mol. The SMILES string of the molecule is C#CC.CCCCCCB1OC(C)(C)C(C)(C)O1. The van der Waals surface area contributed by atoms with Gasteiger partial charge >= 0.3 is 7.12 Å². The first-order valence-corrected chi connectivity index (χ1v) is 7.03. The molecule has 0 aromatic heterocycles. The molecule has 0 bridgehead atoms. The smallest absolute Gasteiger partial charge is 0.403 e. The molecule has 1 fully saturated rings. The Labute approximate surface area is 114 Å². The maximum Gasteiger partial charge on any atom is 0.457 e. The summed E-state index contributed by atoms with van der Waals surface area (Å²) in [5.41, 5.74) is -0.329. The number of terminal acetylenes is 1. The molecule has 0 aromatic rings. The van der Waals surface area contributed by atoms with Crippen molar-refractivity contribution in [3.63, 3.8) is 0 Å². The van der Waals surface area contributed by atoms with E-state index in [1.54, 1.807) is 6.92 Å². The van der Waals surface area contributed by atoms with Crippen molar-refractivity contribution in [2.75, 3.05) is 0 Å². The average Bonchev–Trinajstić information content (AvgIpc) is 2.44. The fraction of sp³-hybridized carbons (Fsp3) is 0.867. The molecule has 0 unspecified atom stereocenters. The van der Waals surface area contributed by atoms with E-state index in [1.165, 1.54) is 25.7 Å². The van der Waals surface area contributed by atoms with Crippen molar-refractivity contribution in [1.29, 1.82) is 0 Å². The molecule has 0 N–H and O–H groups in total. The zero-order valence-corrected chi connectivity index (χ0v) is 13.0. The highest BCUT2D eigenvalue weighted by Gasteiger charge is 2.50. The molecule has 1 heterocycles. The largest absolute Gasteiger partial charge is 0.457 e. The van der Waals surface area contributed by atoms with E-state index in [-0.39, 0.29) is 18.3 Å². The molecule has 0 atom stereocenters. The Morgan fingerprint density at radius 3 is 1.83 bits per heavy atom. The Hall–Kier alpha value is -0.455. The molecule has 0 radical (unpaired) electrons. The first-order chi connectivity index (χ1) is 8.30. The Bertz CT molecular complexity index is 250. The molecule has 1 aliphatic heterocycles. The lowest BCUT2D eigenvalue weighted by atomic mass is 9.82. The van der Waals surface area contributed by atoms with Crippen LogP contribution in [-0.2, 0) is 9.31 Å². The quantitative estimate of drug-likeness (QED) is 0.412. The predicted octanol–water partition coefficient (Wildman–Crippen LogP) is 4.30. The van der Waals surface area contributed by atoms with E-state index in [4.69, 9.17) is 9.31 Å². The minimum atomic E-state index is -0.164. The van der Waals surface area contributed by atoms with Crippen molar-refractivity contribution >= 4 is 7.12 Å². The van der Waals surface area contributed by atoms with Gasteiger partial charge in [0, 0.05) is 0 Å². The van der Waals surface area contributed by atoms with Crippen molar-refractivity contribution < 1.29 is 9.31 Å². The molecule has 0 aliphatic carbocycles. The van der Waals surface area contributed by atoms with Gasteiger partial charge in [-0.3, -0.25) is 0 Å². The molecular weight excluding hydrogens is 223 g/mol. The molecule has 0 aromatic carbocycles. The predicted molar refractivity (Wildman–Crippen MR) is 79.5 cm³/mol. The third kappa shape index (κ3) is 5.46. The molecule has 0 spiro atoms. The van der Waals surface area contributed by atoms with Gasteiger partial charge in [-0.2, -0.15) is 0 Å². The Balaban J connectivity index is 0.000000873. The molecule has 1 saturated heterocycles. The normalized spacial score (nSPS) is 19.9. The maximum atomic E-state index is 5.92. The Kier molecular flexibility index (Phi) is 7.67. The van der Waals surface area contributed by atoms with Crippen LogP contribution in [0.1, 0.15) is 67.2 Å². The zero-order valence-electron chi connectivity index (χ0n) is 13.0. The molecule has 3 heteroatoms. The van der Waals surface area contributed by atoms with E-state index in [0.29, 0.717) is 0 Å². The maximum absolute atomic E-state index is 5.92. The third-order valence-electron chi connectivity index (χ3n) is 3.60. The lowest BCUT2D eigenvalue weighted by Crippen LogP contribution is -2.41.